The molecule has 0 fully saturated rings. The fourth-order valence-corrected chi connectivity index (χ4v) is 5.09. The number of nitro groups is 1. The molecule has 0 radical (unpaired) electrons. The van der Waals surface area contributed by atoms with E-state index in [2.05, 4.69) is 0 Å². The summed E-state index contributed by atoms with van der Waals surface area (Å²) in [7, 11) is 0. The zero-order valence-electron chi connectivity index (χ0n) is 17.0. The molecule has 160 valence electrons. The van der Waals surface area contributed by atoms with Gasteiger partial charge in [-0.1, -0.05) is 55.2 Å². The summed E-state index contributed by atoms with van der Waals surface area (Å²) in [6.45, 7) is 3.91. The van der Waals surface area contributed by atoms with Crippen LogP contribution in [-0.4, -0.2) is 16.6 Å². The van der Waals surface area contributed by atoms with Gasteiger partial charge >= 0.3 is 0 Å². The third kappa shape index (κ3) is 3.86. The molecule has 2 aromatic carbocycles. The number of anilines is 1. The Balaban J connectivity index is 1.96. The highest BCUT2D eigenvalue weighted by Crippen LogP contribution is 2.50. The van der Waals surface area contributed by atoms with Crippen molar-refractivity contribution in [3.05, 3.63) is 79.5 Å². The van der Waals surface area contributed by atoms with Gasteiger partial charge in [-0.3, -0.25) is 24.6 Å². The standard InChI is InChI=1S/C23H20Cl2N2O4/c1-23(2)11-19-22(20(28)12-23)15(14-8-7-13(24)9-16(14)25)10-21(29)26(19)17-5-3-4-6-18(17)27(30)31/h3-9,15H,10-12H2,1-2H3. The molecule has 2 aromatic rings. The molecule has 31 heavy (non-hydrogen) atoms. The molecule has 8 heteroatoms. The smallest absolute Gasteiger partial charge is 0.293 e. The van der Waals surface area contributed by atoms with E-state index in [0.717, 1.165) is 0 Å². The Labute approximate surface area is 189 Å². The maximum Gasteiger partial charge on any atom is 0.293 e. The summed E-state index contributed by atoms with van der Waals surface area (Å²) in [5.41, 5.74) is 1.29. The molecule has 1 aliphatic heterocycles. The van der Waals surface area contributed by atoms with E-state index < -0.39 is 10.8 Å². The van der Waals surface area contributed by atoms with Gasteiger partial charge in [-0.25, -0.2) is 0 Å². The van der Waals surface area contributed by atoms with Crippen molar-refractivity contribution >= 4 is 46.3 Å². The normalized spacial score (nSPS) is 20.6. The SMILES string of the molecule is CC1(C)CC(=O)C2=C(C1)N(c1ccccc1[N+](=O)[O-])C(=O)CC2c1ccc(Cl)cc1Cl. The van der Waals surface area contributed by atoms with Crippen LogP contribution in [0.25, 0.3) is 0 Å². The third-order valence-corrected chi connectivity index (χ3v) is 6.36. The predicted molar refractivity (Wildman–Crippen MR) is 119 cm³/mol. The average molecular weight is 459 g/mol. The molecular weight excluding hydrogens is 439 g/mol. The predicted octanol–water partition coefficient (Wildman–Crippen LogP) is 6.07. The molecule has 1 amide bonds. The minimum absolute atomic E-state index is 0.0155. The number of halogens is 2. The number of hydrogen-bond donors (Lipinski definition) is 0. The number of amides is 1. The lowest BCUT2D eigenvalue weighted by Crippen LogP contribution is -2.44. The van der Waals surface area contributed by atoms with Crippen molar-refractivity contribution in [2.24, 2.45) is 5.41 Å². The zero-order valence-corrected chi connectivity index (χ0v) is 18.5. The monoisotopic (exact) mass is 458 g/mol. The topological polar surface area (TPSA) is 80.5 Å². The number of hydrogen-bond acceptors (Lipinski definition) is 4. The Hall–Kier alpha value is -2.70. The number of allylic oxidation sites excluding steroid dienone is 2. The van der Waals surface area contributed by atoms with E-state index in [1.807, 2.05) is 13.8 Å². The highest BCUT2D eigenvalue weighted by Gasteiger charge is 2.45. The van der Waals surface area contributed by atoms with E-state index in [9.17, 15) is 19.7 Å². The number of para-hydroxylation sites is 2. The summed E-state index contributed by atoms with van der Waals surface area (Å²) < 4.78 is 0. The Kier molecular flexibility index (Phi) is 5.40. The first-order valence-electron chi connectivity index (χ1n) is 9.86. The third-order valence-electron chi connectivity index (χ3n) is 5.80. The number of nitro benzene ring substituents is 1. The summed E-state index contributed by atoms with van der Waals surface area (Å²) >= 11 is 12.5. The van der Waals surface area contributed by atoms with Crippen molar-refractivity contribution in [1.29, 1.82) is 0 Å². The van der Waals surface area contributed by atoms with E-state index in [1.165, 1.54) is 11.0 Å². The second-order valence-electron chi connectivity index (χ2n) is 8.70. The van der Waals surface area contributed by atoms with Gasteiger partial charge in [0.25, 0.3) is 5.69 Å². The summed E-state index contributed by atoms with van der Waals surface area (Å²) in [6, 6.07) is 11.1. The van der Waals surface area contributed by atoms with Crippen LogP contribution in [0.2, 0.25) is 10.0 Å². The largest absolute Gasteiger partial charge is 0.294 e. The molecule has 0 saturated carbocycles. The fourth-order valence-electron chi connectivity index (χ4n) is 4.55. The molecule has 1 unspecified atom stereocenters. The maximum atomic E-state index is 13.4. The van der Waals surface area contributed by atoms with Crippen molar-refractivity contribution in [2.75, 3.05) is 4.90 Å². The fraction of sp³-hybridized carbons (Fsp3) is 0.304. The highest BCUT2D eigenvalue weighted by molar-refractivity contribution is 6.35. The number of ketones is 1. The second kappa shape index (κ2) is 7.77. The lowest BCUT2D eigenvalue weighted by molar-refractivity contribution is -0.384. The lowest BCUT2D eigenvalue weighted by Gasteiger charge is -2.42. The minimum Gasteiger partial charge on any atom is -0.294 e. The van der Waals surface area contributed by atoms with Crippen molar-refractivity contribution < 1.29 is 14.5 Å². The van der Waals surface area contributed by atoms with Crippen LogP contribution in [0.3, 0.4) is 0 Å². The molecule has 4 rings (SSSR count). The van der Waals surface area contributed by atoms with Crippen LogP contribution in [0.1, 0.15) is 44.6 Å². The number of nitrogens with zero attached hydrogens (tertiary/aromatic N) is 2. The zero-order chi connectivity index (χ0) is 22.5. The van der Waals surface area contributed by atoms with Crippen LogP contribution in [0.5, 0.6) is 0 Å². The number of rotatable bonds is 3. The van der Waals surface area contributed by atoms with Gasteiger partial charge in [0.1, 0.15) is 5.69 Å². The molecule has 1 atom stereocenters. The second-order valence-corrected chi connectivity index (χ2v) is 9.54. The Morgan fingerprint density at radius 3 is 2.48 bits per heavy atom. The molecule has 0 N–H and O–H groups in total. The molecule has 1 heterocycles. The molecule has 2 aliphatic rings. The van der Waals surface area contributed by atoms with Crippen LogP contribution in [-0.2, 0) is 9.59 Å². The molecule has 0 spiro atoms. The van der Waals surface area contributed by atoms with Gasteiger partial charge < -0.3 is 0 Å². The lowest BCUT2D eigenvalue weighted by atomic mass is 9.69. The Morgan fingerprint density at radius 1 is 1.10 bits per heavy atom. The Morgan fingerprint density at radius 2 is 1.81 bits per heavy atom. The van der Waals surface area contributed by atoms with E-state index in [-0.39, 0.29) is 34.9 Å². The molecule has 0 bridgehead atoms. The molecule has 0 aromatic heterocycles. The molecule has 6 nitrogen and oxygen atoms in total. The summed E-state index contributed by atoms with van der Waals surface area (Å²) in [6.07, 6.45) is 0.748. The Bertz CT molecular complexity index is 1160. The summed E-state index contributed by atoms with van der Waals surface area (Å²) in [5.74, 6) is -0.900. The van der Waals surface area contributed by atoms with Crippen molar-refractivity contribution in [3.63, 3.8) is 0 Å². The summed E-state index contributed by atoms with van der Waals surface area (Å²) in [4.78, 5) is 39.2. The first kappa shape index (κ1) is 21.5. The average Bonchev–Trinajstić information content (AvgIpc) is 2.66. The van der Waals surface area contributed by atoms with Crippen LogP contribution in [0, 0.1) is 15.5 Å². The van der Waals surface area contributed by atoms with E-state index >= 15 is 0 Å². The van der Waals surface area contributed by atoms with Crippen LogP contribution in [0.15, 0.2) is 53.7 Å². The quantitative estimate of drug-likeness (QED) is 0.413. The highest BCUT2D eigenvalue weighted by atomic mass is 35.5. The number of carbonyl (C=O) groups excluding carboxylic acids is 2. The van der Waals surface area contributed by atoms with E-state index in [4.69, 9.17) is 23.2 Å². The van der Waals surface area contributed by atoms with Gasteiger partial charge in [-0.05, 0) is 35.6 Å². The number of carbonyl (C=O) groups is 2. The molecule has 1 aliphatic carbocycles. The van der Waals surface area contributed by atoms with Gasteiger partial charge in [-0.15, -0.1) is 0 Å². The molecular formula is C23H20Cl2N2O4. The van der Waals surface area contributed by atoms with Gasteiger partial charge in [0.15, 0.2) is 5.78 Å². The number of Topliss-reactive ketones (excluding diaryl/α,β-unsaturated/α-hetero) is 1. The summed E-state index contributed by atoms with van der Waals surface area (Å²) in [5, 5.41) is 12.5. The van der Waals surface area contributed by atoms with Crippen molar-refractivity contribution in [1.82, 2.24) is 0 Å². The van der Waals surface area contributed by atoms with Crippen molar-refractivity contribution in [2.45, 2.75) is 39.0 Å². The number of benzene rings is 2. The maximum absolute atomic E-state index is 13.4. The minimum atomic E-state index is -0.519. The molecule has 0 saturated heterocycles. The van der Waals surface area contributed by atoms with Gasteiger partial charge in [-0.2, -0.15) is 0 Å². The van der Waals surface area contributed by atoms with E-state index in [0.29, 0.717) is 39.7 Å². The van der Waals surface area contributed by atoms with E-state index in [1.54, 1.807) is 36.4 Å². The van der Waals surface area contributed by atoms with Crippen LogP contribution in [0.4, 0.5) is 11.4 Å². The van der Waals surface area contributed by atoms with Gasteiger partial charge in [0.2, 0.25) is 5.91 Å². The first-order chi connectivity index (χ1) is 14.6. The van der Waals surface area contributed by atoms with Crippen LogP contribution >= 0.6 is 23.2 Å². The first-order valence-corrected chi connectivity index (χ1v) is 10.6. The van der Waals surface area contributed by atoms with Gasteiger partial charge in [0, 0.05) is 46.1 Å². The van der Waals surface area contributed by atoms with Crippen LogP contribution < -0.4 is 4.90 Å². The van der Waals surface area contributed by atoms with Crippen molar-refractivity contribution in [3.8, 4) is 0 Å². The van der Waals surface area contributed by atoms with Gasteiger partial charge in [0.05, 0.1) is 4.92 Å².